The lowest BCUT2D eigenvalue weighted by Gasteiger charge is -2.08. The van der Waals surface area contributed by atoms with Gasteiger partial charge in [-0.15, -0.1) is 0 Å². The van der Waals surface area contributed by atoms with Gasteiger partial charge in [0, 0.05) is 12.2 Å². The first-order chi connectivity index (χ1) is 15.0. The smallest absolute Gasteiger partial charge is 0.338 e. The van der Waals surface area contributed by atoms with Gasteiger partial charge in [0.05, 0.1) is 16.6 Å². The fourth-order valence-corrected chi connectivity index (χ4v) is 3.30. The number of benzene rings is 3. The van der Waals surface area contributed by atoms with E-state index in [1.165, 1.54) is 12.1 Å². The Kier molecular flexibility index (Phi) is 5.75. The van der Waals surface area contributed by atoms with E-state index in [1.807, 2.05) is 47.9 Å². The highest BCUT2D eigenvalue weighted by atomic mass is 19.1. The molecule has 0 saturated heterocycles. The van der Waals surface area contributed by atoms with Crippen LogP contribution in [0.4, 0.5) is 4.39 Å². The van der Waals surface area contributed by atoms with Gasteiger partial charge in [0.15, 0.2) is 6.61 Å². The maximum atomic E-state index is 12.9. The molecule has 1 heterocycles. The number of aromatic nitrogens is 2. The zero-order chi connectivity index (χ0) is 21.8. The van der Waals surface area contributed by atoms with Crippen LogP contribution in [0, 0.1) is 12.7 Å². The van der Waals surface area contributed by atoms with Crippen molar-refractivity contribution >= 4 is 22.9 Å². The number of esters is 1. The molecule has 1 aromatic heterocycles. The Morgan fingerprint density at radius 2 is 1.77 bits per heavy atom. The highest BCUT2D eigenvalue weighted by Crippen LogP contribution is 2.22. The summed E-state index contributed by atoms with van der Waals surface area (Å²) in [5.41, 5.74) is 3.58. The largest absolute Gasteiger partial charge is 0.452 e. The van der Waals surface area contributed by atoms with E-state index in [0.29, 0.717) is 11.1 Å². The SMILES string of the molecule is Cc1nc2cc(C(=O)OCC(=O)NCc3ccc(F)cc3)ccc2n1-c1ccccc1. The van der Waals surface area contributed by atoms with Crippen molar-refractivity contribution in [1.29, 1.82) is 0 Å². The van der Waals surface area contributed by atoms with Crippen LogP contribution in [0.1, 0.15) is 21.7 Å². The number of hydrogen-bond donors (Lipinski definition) is 1. The average molecular weight is 417 g/mol. The third-order valence-corrected chi connectivity index (χ3v) is 4.81. The highest BCUT2D eigenvalue weighted by molar-refractivity contribution is 5.95. The average Bonchev–Trinajstić information content (AvgIpc) is 3.12. The molecule has 0 atom stereocenters. The third kappa shape index (κ3) is 4.61. The van der Waals surface area contributed by atoms with Gasteiger partial charge in [-0.25, -0.2) is 14.2 Å². The highest BCUT2D eigenvalue weighted by Gasteiger charge is 2.14. The number of nitrogens with zero attached hydrogens (tertiary/aromatic N) is 2. The normalized spacial score (nSPS) is 10.8. The van der Waals surface area contributed by atoms with Crippen molar-refractivity contribution in [3.63, 3.8) is 0 Å². The molecule has 0 aliphatic rings. The molecule has 156 valence electrons. The van der Waals surface area contributed by atoms with Gasteiger partial charge >= 0.3 is 5.97 Å². The Bertz CT molecular complexity index is 1230. The van der Waals surface area contributed by atoms with E-state index in [2.05, 4.69) is 10.3 Å². The molecule has 4 rings (SSSR count). The zero-order valence-corrected chi connectivity index (χ0v) is 16.8. The summed E-state index contributed by atoms with van der Waals surface area (Å²) in [5.74, 6) is -0.592. The van der Waals surface area contributed by atoms with E-state index in [1.54, 1.807) is 24.3 Å². The molecular formula is C24H20FN3O3. The summed E-state index contributed by atoms with van der Waals surface area (Å²) in [7, 11) is 0. The van der Waals surface area contributed by atoms with E-state index in [4.69, 9.17) is 4.74 Å². The van der Waals surface area contributed by atoms with Crippen molar-refractivity contribution in [2.75, 3.05) is 6.61 Å². The van der Waals surface area contributed by atoms with Crippen molar-refractivity contribution in [3.05, 3.63) is 95.6 Å². The maximum Gasteiger partial charge on any atom is 0.338 e. The monoisotopic (exact) mass is 417 g/mol. The second-order valence-electron chi connectivity index (χ2n) is 7.01. The molecule has 3 aromatic carbocycles. The minimum atomic E-state index is -0.606. The third-order valence-electron chi connectivity index (χ3n) is 4.81. The number of carbonyl (C=O) groups excluding carboxylic acids is 2. The van der Waals surface area contributed by atoms with E-state index in [-0.39, 0.29) is 12.4 Å². The predicted octanol–water partition coefficient (Wildman–Crippen LogP) is 3.95. The Labute approximate surface area is 178 Å². The molecule has 6 nitrogen and oxygen atoms in total. The molecule has 1 N–H and O–H groups in total. The number of aryl methyl sites for hydroxylation is 1. The first kappa shape index (κ1) is 20.3. The van der Waals surface area contributed by atoms with Crippen LogP contribution in [-0.2, 0) is 16.1 Å². The van der Waals surface area contributed by atoms with Crippen molar-refractivity contribution < 1.29 is 18.7 Å². The van der Waals surface area contributed by atoms with Crippen LogP contribution in [-0.4, -0.2) is 28.0 Å². The van der Waals surface area contributed by atoms with Crippen LogP contribution in [0.3, 0.4) is 0 Å². The predicted molar refractivity (Wildman–Crippen MR) is 114 cm³/mol. The fourth-order valence-electron chi connectivity index (χ4n) is 3.30. The molecule has 4 aromatic rings. The summed E-state index contributed by atoms with van der Waals surface area (Å²) in [5, 5.41) is 2.63. The molecule has 0 bridgehead atoms. The van der Waals surface area contributed by atoms with Crippen molar-refractivity contribution in [2.45, 2.75) is 13.5 Å². The molecule has 0 fully saturated rings. The lowest BCUT2D eigenvalue weighted by Crippen LogP contribution is -2.28. The standard InChI is InChI=1S/C24H20FN3O3/c1-16-27-21-13-18(9-12-22(21)28(16)20-5-3-2-4-6-20)24(30)31-15-23(29)26-14-17-7-10-19(25)11-8-17/h2-13H,14-15H2,1H3,(H,26,29). The topological polar surface area (TPSA) is 73.2 Å². The minimum Gasteiger partial charge on any atom is -0.452 e. The first-order valence-corrected chi connectivity index (χ1v) is 9.74. The summed E-state index contributed by atoms with van der Waals surface area (Å²) in [6.45, 7) is 1.71. The Morgan fingerprint density at radius 1 is 1.03 bits per heavy atom. The molecule has 0 aliphatic heterocycles. The van der Waals surface area contributed by atoms with Crippen LogP contribution in [0.25, 0.3) is 16.7 Å². The molecule has 0 unspecified atom stereocenters. The van der Waals surface area contributed by atoms with E-state index in [9.17, 15) is 14.0 Å². The number of hydrogen-bond acceptors (Lipinski definition) is 4. The molecule has 7 heteroatoms. The number of amides is 1. The molecule has 0 saturated carbocycles. The number of fused-ring (bicyclic) bond motifs is 1. The van der Waals surface area contributed by atoms with Crippen LogP contribution in [0.5, 0.6) is 0 Å². The van der Waals surface area contributed by atoms with Gasteiger partial charge in [-0.3, -0.25) is 9.36 Å². The molecule has 0 spiro atoms. The fraction of sp³-hybridized carbons (Fsp3) is 0.125. The summed E-state index contributed by atoms with van der Waals surface area (Å²) < 4.78 is 20.0. The van der Waals surface area contributed by atoms with Gasteiger partial charge in [0.1, 0.15) is 11.6 Å². The number of halogens is 1. The zero-order valence-electron chi connectivity index (χ0n) is 16.8. The number of ether oxygens (including phenoxy) is 1. The van der Waals surface area contributed by atoms with Crippen molar-refractivity contribution in [1.82, 2.24) is 14.9 Å². The van der Waals surface area contributed by atoms with Gasteiger partial charge in [-0.05, 0) is 55.0 Å². The number of carbonyl (C=O) groups is 2. The lowest BCUT2D eigenvalue weighted by atomic mass is 10.2. The van der Waals surface area contributed by atoms with E-state index >= 15 is 0 Å². The molecule has 1 amide bonds. The number of rotatable bonds is 6. The Balaban J connectivity index is 1.40. The summed E-state index contributed by atoms with van der Waals surface area (Å²) in [4.78, 5) is 28.9. The molecular weight excluding hydrogens is 397 g/mol. The van der Waals surface area contributed by atoms with Crippen molar-refractivity contribution in [2.24, 2.45) is 0 Å². The van der Waals surface area contributed by atoms with E-state index in [0.717, 1.165) is 22.6 Å². The van der Waals surface area contributed by atoms with Gasteiger partial charge in [-0.1, -0.05) is 30.3 Å². The molecule has 31 heavy (non-hydrogen) atoms. The second-order valence-corrected chi connectivity index (χ2v) is 7.01. The quantitative estimate of drug-likeness (QED) is 0.482. The van der Waals surface area contributed by atoms with Gasteiger partial charge in [-0.2, -0.15) is 0 Å². The van der Waals surface area contributed by atoms with E-state index < -0.39 is 18.5 Å². The lowest BCUT2D eigenvalue weighted by molar-refractivity contribution is -0.124. The summed E-state index contributed by atoms with van der Waals surface area (Å²) in [6.07, 6.45) is 0. The minimum absolute atomic E-state index is 0.221. The van der Waals surface area contributed by atoms with Crippen molar-refractivity contribution in [3.8, 4) is 5.69 Å². The van der Waals surface area contributed by atoms with Crippen LogP contribution >= 0.6 is 0 Å². The van der Waals surface area contributed by atoms with Gasteiger partial charge in [0.2, 0.25) is 0 Å². The number of para-hydroxylation sites is 1. The van der Waals surface area contributed by atoms with Crippen LogP contribution in [0.2, 0.25) is 0 Å². The summed E-state index contributed by atoms with van der Waals surface area (Å²) >= 11 is 0. The first-order valence-electron chi connectivity index (χ1n) is 9.74. The molecule has 0 radical (unpaired) electrons. The van der Waals surface area contributed by atoms with Crippen LogP contribution < -0.4 is 5.32 Å². The van der Waals surface area contributed by atoms with Crippen LogP contribution in [0.15, 0.2) is 72.8 Å². The number of imidazole rings is 1. The Morgan fingerprint density at radius 3 is 2.52 bits per heavy atom. The van der Waals surface area contributed by atoms with Gasteiger partial charge < -0.3 is 10.1 Å². The molecule has 0 aliphatic carbocycles. The second kappa shape index (κ2) is 8.79. The summed E-state index contributed by atoms with van der Waals surface area (Å²) in [6, 6.07) is 20.7. The maximum absolute atomic E-state index is 12.9. The van der Waals surface area contributed by atoms with Gasteiger partial charge in [0.25, 0.3) is 5.91 Å². The Hall–Kier alpha value is -4.00. The number of nitrogens with one attached hydrogen (secondary N) is 1.